The number of nitrogens with one attached hydrogen (secondary N) is 1. The van der Waals surface area contributed by atoms with Gasteiger partial charge in [0.1, 0.15) is 5.03 Å². The van der Waals surface area contributed by atoms with Crippen LogP contribution in [0, 0.1) is 0 Å². The van der Waals surface area contributed by atoms with Crippen molar-refractivity contribution in [2.75, 3.05) is 7.05 Å². The first-order valence-electron chi connectivity index (χ1n) is 5.50. The van der Waals surface area contributed by atoms with E-state index in [0.717, 1.165) is 9.92 Å². The maximum absolute atomic E-state index is 4.37. The zero-order valence-corrected chi connectivity index (χ0v) is 10.7. The summed E-state index contributed by atoms with van der Waals surface area (Å²) in [5, 5.41) is 4.24. The first kappa shape index (κ1) is 12.1. The molecule has 1 unspecified atom stereocenters. The molecule has 0 amide bonds. The van der Waals surface area contributed by atoms with E-state index in [9.17, 15) is 0 Å². The quantitative estimate of drug-likeness (QED) is 0.898. The Hall–Kier alpha value is -1.39. The van der Waals surface area contributed by atoms with Gasteiger partial charge in [-0.25, -0.2) is 4.98 Å². The topological polar surface area (TPSA) is 37.8 Å². The predicted octanol–water partition coefficient (Wildman–Crippen LogP) is 2.91. The molecule has 2 aromatic rings. The van der Waals surface area contributed by atoms with Crippen molar-refractivity contribution in [3.05, 3.63) is 48.4 Å². The van der Waals surface area contributed by atoms with E-state index in [1.165, 1.54) is 5.56 Å². The van der Waals surface area contributed by atoms with Gasteiger partial charge in [-0.2, -0.15) is 0 Å². The summed E-state index contributed by atoms with van der Waals surface area (Å²) in [6.07, 6.45) is 5.44. The van der Waals surface area contributed by atoms with Crippen LogP contribution in [-0.2, 0) is 0 Å². The molecular weight excluding hydrogens is 230 g/mol. The number of pyridine rings is 2. The van der Waals surface area contributed by atoms with Crippen molar-refractivity contribution in [2.45, 2.75) is 22.9 Å². The van der Waals surface area contributed by atoms with Gasteiger partial charge in [-0.05, 0) is 43.8 Å². The highest BCUT2D eigenvalue weighted by atomic mass is 32.2. The van der Waals surface area contributed by atoms with E-state index in [0.29, 0.717) is 6.04 Å². The maximum atomic E-state index is 4.37. The second-order valence-corrected chi connectivity index (χ2v) is 4.82. The third kappa shape index (κ3) is 3.28. The Bertz CT molecular complexity index is 473. The average molecular weight is 245 g/mol. The molecule has 0 fully saturated rings. The maximum Gasteiger partial charge on any atom is 0.101 e. The van der Waals surface area contributed by atoms with Gasteiger partial charge in [0.15, 0.2) is 0 Å². The zero-order valence-electron chi connectivity index (χ0n) is 9.92. The SMILES string of the molecule is CNC(C)c1ccnc(Sc2ccncc2)c1. The molecule has 1 N–H and O–H groups in total. The molecule has 0 radical (unpaired) electrons. The van der Waals surface area contributed by atoms with Crippen molar-refractivity contribution in [2.24, 2.45) is 0 Å². The lowest BCUT2D eigenvalue weighted by atomic mass is 10.1. The van der Waals surface area contributed by atoms with Crippen LogP contribution in [0.3, 0.4) is 0 Å². The molecule has 1 atom stereocenters. The predicted molar refractivity (Wildman–Crippen MR) is 70.1 cm³/mol. The zero-order chi connectivity index (χ0) is 12.1. The fourth-order valence-electron chi connectivity index (χ4n) is 1.44. The van der Waals surface area contributed by atoms with Crippen LogP contribution >= 0.6 is 11.8 Å². The van der Waals surface area contributed by atoms with Gasteiger partial charge in [0, 0.05) is 29.5 Å². The standard InChI is InChI=1S/C13H15N3S/c1-10(14-2)11-3-8-16-13(9-11)17-12-4-6-15-7-5-12/h3-10,14H,1-2H3. The molecule has 3 nitrogen and oxygen atoms in total. The van der Waals surface area contributed by atoms with E-state index in [2.05, 4.69) is 28.3 Å². The number of aromatic nitrogens is 2. The molecule has 0 saturated heterocycles. The number of rotatable bonds is 4. The van der Waals surface area contributed by atoms with Crippen LogP contribution in [0.15, 0.2) is 52.8 Å². The Morgan fingerprint density at radius 2 is 1.94 bits per heavy atom. The summed E-state index contributed by atoms with van der Waals surface area (Å²) in [4.78, 5) is 9.52. The molecule has 0 aliphatic heterocycles. The third-order valence-corrected chi connectivity index (χ3v) is 3.50. The Morgan fingerprint density at radius 1 is 1.18 bits per heavy atom. The molecule has 2 rings (SSSR count). The highest BCUT2D eigenvalue weighted by Gasteiger charge is 2.04. The molecule has 0 saturated carbocycles. The molecule has 0 bridgehead atoms. The van der Waals surface area contributed by atoms with Crippen molar-refractivity contribution in [1.29, 1.82) is 0 Å². The summed E-state index contributed by atoms with van der Waals surface area (Å²) in [6.45, 7) is 2.14. The summed E-state index contributed by atoms with van der Waals surface area (Å²) in [5.74, 6) is 0. The van der Waals surface area contributed by atoms with Gasteiger partial charge in [-0.15, -0.1) is 0 Å². The lowest BCUT2D eigenvalue weighted by Crippen LogP contribution is -2.12. The minimum atomic E-state index is 0.342. The number of hydrogen-bond acceptors (Lipinski definition) is 4. The number of nitrogens with zero attached hydrogens (tertiary/aromatic N) is 2. The first-order chi connectivity index (χ1) is 8.29. The van der Waals surface area contributed by atoms with E-state index < -0.39 is 0 Å². The summed E-state index contributed by atoms with van der Waals surface area (Å²) in [6, 6.07) is 8.47. The second-order valence-electron chi connectivity index (χ2n) is 3.72. The van der Waals surface area contributed by atoms with Gasteiger partial charge in [0.2, 0.25) is 0 Å². The largest absolute Gasteiger partial charge is 0.313 e. The molecule has 0 aromatic carbocycles. The van der Waals surface area contributed by atoms with E-state index in [1.807, 2.05) is 31.4 Å². The van der Waals surface area contributed by atoms with Crippen LogP contribution in [0.1, 0.15) is 18.5 Å². The van der Waals surface area contributed by atoms with Crippen molar-refractivity contribution in [1.82, 2.24) is 15.3 Å². The van der Waals surface area contributed by atoms with Crippen molar-refractivity contribution in [3.8, 4) is 0 Å². The highest BCUT2D eigenvalue weighted by Crippen LogP contribution is 2.26. The van der Waals surface area contributed by atoms with Gasteiger partial charge in [0.25, 0.3) is 0 Å². The average Bonchev–Trinajstić information content (AvgIpc) is 2.39. The molecule has 17 heavy (non-hydrogen) atoms. The van der Waals surface area contributed by atoms with E-state index in [4.69, 9.17) is 0 Å². The van der Waals surface area contributed by atoms with Crippen LogP contribution in [-0.4, -0.2) is 17.0 Å². The Morgan fingerprint density at radius 3 is 2.65 bits per heavy atom. The van der Waals surface area contributed by atoms with Gasteiger partial charge in [-0.3, -0.25) is 4.98 Å². The van der Waals surface area contributed by atoms with Crippen molar-refractivity contribution in [3.63, 3.8) is 0 Å². The Balaban J connectivity index is 2.17. The van der Waals surface area contributed by atoms with Crippen molar-refractivity contribution >= 4 is 11.8 Å². The highest BCUT2D eigenvalue weighted by molar-refractivity contribution is 7.99. The minimum absolute atomic E-state index is 0.342. The van der Waals surface area contributed by atoms with Gasteiger partial charge in [0.05, 0.1) is 0 Å². The number of hydrogen-bond donors (Lipinski definition) is 1. The van der Waals surface area contributed by atoms with Crippen molar-refractivity contribution < 1.29 is 0 Å². The lowest BCUT2D eigenvalue weighted by molar-refractivity contribution is 0.649. The normalized spacial score (nSPS) is 12.4. The lowest BCUT2D eigenvalue weighted by Gasteiger charge is -2.11. The van der Waals surface area contributed by atoms with Gasteiger partial charge >= 0.3 is 0 Å². The van der Waals surface area contributed by atoms with E-state index in [-0.39, 0.29) is 0 Å². The van der Waals surface area contributed by atoms with Gasteiger partial charge in [-0.1, -0.05) is 11.8 Å². The monoisotopic (exact) mass is 245 g/mol. The summed E-state index contributed by atoms with van der Waals surface area (Å²) in [5.41, 5.74) is 1.25. The fourth-order valence-corrected chi connectivity index (χ4v) is 2.25. The Kier molecular flexibility index (Phi) is 4.12. The summed E-state index contributed by atoms with van der Waals surface area (Å²) >= 11 is 1.65. The molecule has 2 aromatic heterocycles. The molecule has 0 aliphatic rings. The van der Waals surface area contributed by atoms with E-state index >= 15 is 0 Å². The minimum Gasteiger partial charge on any atom is -0.313 e. The molecule has 0 aliphatic carbocycles. The molecule has 4 heteroatoms. The van der Waals surface area contributed by atoms with Crippen LogP contribution in [0.4, 0.5) is 0 Å². The Labute approximate surface area is 106 Å². The van der Waals surface area contributed by atoms with E-state index in [1.54, 1.807) is 24.2 Å². The van der Waals surface area contributed by atoms with Gasteiger partial charge < -0.3 is 5.32 Å². The van der Waals surface area contributed by atoms with Crippen LogP contribution in [0.25, 0.3) is 0 Å². The fraction of sp³-hybridized carbons (Fsp3) is 0.231. The molecule has 0 spiro atoms. The van der Waals surface area contributed by atoms with Crippen LogP contribution in [0.5, 0.6) is 0 Å². The third-order valence-electron chi connectivity index (χ3n) is 2.56. The van der Waals surface area contributed by atoms with Crippen LogP contribution in [0.2, 0.25) is 0 Å². The molecule has 2 heterocycles. The first-order valence-corrected chi connectivity index (χ1v) is 6.32. The molecule has 88 valence electrons. The second kappa shape index (κ2) is 5.80. The summed E-state index contributed by atoms with van der Waals surface area (Å²) in [7, 11) is 1.96. The molecular formula is C13H15N3S. The summed E-state index contributed by atoms with van der Waals surface area (Å²) < 4.78 is 0. The smallest absolute Gasteiger partial charge is 0.101 e. The van der Waals surface area contributed by atoms with Crippen LogP contribution < -0.4 is 5.32 Å².